The molecule has 0 aliphatic carbocycles. The molecule has 0 saturated carbocycles. The second-order valence-corrected chi connectivity index (χ2v) is 5.85. The van der Waals surface area contributed by atoms with E-state index in [0.29, 0.717) is 12.0 Å². The maximum absolute atomic E-state index is 12.0. The van der Waals surface area contributed by atoms with Crippen LogP contribution in [0.25, 0.3) is 11.4 Å². The fourth-order valence-electron chi connectivity index (χ4n) is 2.83. The maximum Gasteiger partial charge on any atom is 0.339 e. The van der Waals surface area contributed by atoms with Crippen molar-refractivity contribution in [3.8, 4) is 11.4 Å². The van der Waals surface area contributed by atoms with Crippen molar-refractivity contribution in [1.29, 1.82) is 0 Å². The Morgan fingerprint density at radius 3 is 3.05 bits per heavy atom. The zero-order valence-electron chi connectivity index (χ0n) is 11.4. The van der Waals surface area contributed by atoms with E-state index in [2.05, 4.69) is 32.8 Å². The Morgan fingerprint density at radius 1 is 1.33 bits per heavy atom. The van der Waals surface area contributed by atoms with Crippen molar-refractivity contribution >= 4 is 17.3 Å². The number of fused-ring (bicyclic) bond motifs is 5. The van der Waals surface area contributed by atoms with E-state index in [1.54, 1.807) is 11.3 Å². The molecule has 0 bridgehead atoms. The highest BCUT2D eigenvalue weighted by atomic mass is 32.1. The molecule has 0 unspecified atom stereocenters. The zero-order chi connectivity index (χ0) is 14.4. The second-order valence-electron chi connectivity index (χ2n) is 4.87. The van der Waals surface area contributed by atoms with Gasteiger partial charge in [-0.3, -0.25) is 0 Å². The van der Waals surface area contributed by atoms with Crippen molar-refractivity contribution in [2.45, 2.75) is 6.42 Å². The van der Waals surface area contributed by atoms with Crippen LogP contribution < -0.4 is 4.57 Å². The van der Waals surface area contributed by atoms with Gasteiger partial charge in [-0.05, 0) is 12.1 Å². The fraction of sp³-hybridized carbons (Fsp3) is 0.125. The molecule has 1 aliphatic rings. The van der Waals surface area contributed by atoms with E-state index in [0.717, 1.165) is 17.1 Å². The Balaban J connectivity index is 2.04. The van der Waals surface area contributed by atoms with Crippen LogP contribution in [0.4, 0.5) is 0 Å². The Bertz CT molecular complexity index is 848. The van der Waals surface area contributed by atoms with Gasteiger partial charge in [0.15, 0.2) is 6.20 Å². The molecule has 0 amide bonds. The van der Waals surface area contributed by atoms with Crippen molar-refractivity contribution in [3.63, 3.8) is 0 Å². The summed E-state index contributed by atoms with van der Waals surface area (Å²) in [6.07, 6.45) is 4.73. The van der Waals surface area contributed by atoms with Gasteiger partial charge in [-0.1, -0.05) is 23.5 Å². The number of benzene rings is 1. The molecule has 0 radical (unpaired) electrons. The number of carbonyl (C=O) groups is 1. The number of thiazole rings is 1. The molecule has 5 heteroatoms. The Morgan fingerprint density at radius 2 is 2.19 bits per heavy atom. The summed E-state index contributed by atoms with van der Waals surface area (Å²) in [5.74, 6) is -0.286. The van der Waals surface area contributed by atoms with Crippen LogP contribution >= 0.6 is 11.3 Å². The number of nitrogens with zero attached hydrogens (tertiary/aromatic N) is 2. The Labute approximate surface area is 125 Å². The van der Waals surface area contributed by atoms with Crippen molar-refractivity contribution in [3.05, 3.63) is 64.4 Å². The van der Waals surface area contributed by atoms with Gasteiger partial charge in [0.1, 0.15) is 5.69 Å². The summed E-state index contributed by atoms with van der Waals surface area (Å²) in [5.41, 5.74) is 3.81. The summed E-state index contributed by atoms with van der Waals surface area (Å²) >= 11 is 1.69. The van der Waals surface area contributed by atoms with Crippen LogP contribution in [0, 0.1) is 0 Å². The maximum atomic E-state index is 12.0. The molecule has 1 aliphatic heterocycles. The lowest BCUT2D eigenvalue weighted by Crippen LogP contribution is -2.32. The molecule has 4 rings (SSSR count). The predicted molar refractivity (Wildman–Crippen MR) is 79.3 cm³/mol. The highest BCUT2D eigenvalue weighted by molar-refractivity contribution is 7.09. The average molecular weight is 297 g/mol. The Kier molecular flexibility index (Phi) is 2.68. The standard InChI is InChI=1S/C16H13N2O2S/c1-20-16(19)11-6-7-17-12-4-2-3-5-13(12)18-8-9-21-15(18)10-14(11)17/h2-9H,10H2,1H3/q+1. The summed E-state index contributed by atoms with van der Waals surface area (Å²) in [6.45, 7) is 0. The predicted octanol–water partition coefficient (Wildman–Crippen LogP) is 2.51. The SMILES string of the molecule is COC(=O)c1ccn2c1Cc1scc[n+]1-c1ccccc1-2. The van der Waals surface area contributed by atoms with E-state index in [9.17, 15) is 4.79 Å². The minimum Gasteiger partial charge on any atom is -0.465 e. The Hall–Kier alpha value is -2.40. The number of hydrogen-bond acceptors (Lipinski definition) is 3. The van der Waals surface area contributed by atoms with Gasteiger partial charge in [-0.15, -0.1) is 0 Å². The lowest BCUT2D eigenvalue weighted by atomic mass is 10.2. The number of carbonyl (C=O) groups excluding carboxylic acids is 1. The van der Waals surface area contributed by atoms with Gasteiger partial charge in [0.25, 0.3) is 0 Å². The highest BCUT2D eigenvalue weighted by Gasteiger charge is 2.29. The van der Waals surface area contributed by atoms with Gasteiger partial charge in [0, 0.05) is 18.0 Å². The van der Waals surface area contributed by atoms with Crippen molar-refractivity contribution in [2.24, 2.45) is 0 Å². The van der Waals surface area contributed by atoms with Crippen LogP contribution in [0.2, 0.25) is 0 Å². The normalized spacial score (nSPS) is 12.0. The quantitative estimate of drug-likeness (QED) is 0.400. The topological polar surface area (TPSA) is 35.1 Å². The van der Waals surface area contributed by atoms with Crippen LogP contribution in [0.15, 0.2) is 48.1 Å². The molecule has 0 fully saturated rings. The van der Waals surface area contributed by atoms with Crippen LogP contribution in [0.1, 0.15) is 21.1 Å². The number of hydrogen-bond donors (Lipinski definition) is 0. The third kappa shape index (κ3) is 1.74. The molecular weight excluding hydrogens is 284 g/mol. The molecule has 0 N–H and O–H groups in total. The smallest absolute Gasteiger partial charge is 0.339 e. The van der Waals surface area contributed by atoms with E-state index in [1.165, 1.54) is 12.1 Å². The fourth-order valence-corrected chi connectivity index (χ4v) is 3.67. The molecule has 0 spiro atoms. The van der Waals surface area contributed by atoms with E-state index < -0.39 is 0 Å². The molecule has 21 heavy (non-hydrogen) atoms. The van der Waals surface area contributed by atoms with Crippen molar-refractivity contribution < 1.29 is 14.1 Å². The van der Waals surface area contributed by atoms with Crippen molar-refractivity contribution in [1.82, 2.24) is 4.57 Å². The van der Waals surface area contributed by atoms with Crippen LogP contribution in [0.3, 0.4) is 0 Å². The number of methoxy groups -OCH3 is 1. The number of para-hydroxylation sites is 2. The summed E-state index contributed by atoms with van der Waals surface area (Å²) in [6, 6.07) is 10.0. The van der Waals surface area contributed by atoms with Gasteiger partial charge >= 0.3 is 5.97 Å². The number of rotatable bonds is 1. The zero-order valence-corrected chi connectivity index (χ0v) is 12.3. The van der Waals surface area contributed by atoms with E-state index in [4.69, 9.17) is 4.74 Å². The van der Waals surface area contributed by atoms with Crippen LogP contribution in [0.5, 0.6) is 0 Å². The van der Waals surface area contributed by atoms with E-state index in [-0.39, 0.29) is 5.97 Å². The van der Waals surface area contributed by atoms with Gasteiger partial charge < -0.3 is 9.30 Å². The first-order chi connectivity index (χ1) is 10.3. The van der Waals surface area contributed by atoms with Gasteiger partial charge in [0.2, 0.25) is 10.7 Å². The van der Waals surface area contributed by atoms with Crippen LogP contribution in [-0.2, 0) is 11.2 Å². The number of aromatic nitrogens is 2. The largest absolute Gasteiger partial charge is 0.465 e. The molecule has 3 aromatic rings. The molecule has 2 aromatic heterocycles. The molecule has 0 atom stereocenters. The average Bonchev–Trinajstić information content (AvgIpc) is 3.12. The molecule has 1 aromatic carbocycles. The summed E-state index contributed by atoms with van der Waals surface area (Å²) < 4.78 is 9.18. The minimum absolute atomic E-state index is 0.286. The first-order valence-corrected chi connectivity index (χ1v) is 7.54. The second kappa shape index (κ2) is 4.56. The van der Waals surface area contributed by atoms with E-state index >= 15 is 0 Å². The van der Waals surface area contributed by atoms with Gasteiger partial charge in [0.05, 0.1) is 24.5 Å². The summed E-state index contributed by atoms with van der Waals surface area (Å²) in [7, 11) is 1.42. The van der Waals surface area contributed by atoms with Crippen molar-refractivity contribution in [2.75, 3.05) is 7.11 Å². The minimum atomic E-state index is -0.286. The molecule has 4 nitrogen and oxygen atoms in total. The highest BCUT2D eigenvalue weighted by Crippen LogP contribution is 2.28. The lowest BCUT2D eigenvalue weighted by molar-refractivity contribution is -0.597. The molecule has 104 valence electrons. The third-order valence-corrected chi connectivity index (χ3v) is 4.67. The molecule has 3 heterocycles. The molecular formula is C16H13N2O2S+. The first-order valence-electron chi connectivity index (χ1n) is 6.66. The van der Waals surface area contributed by atoms with Gasteiger partial charge in [-0.25, -0.2) is 4.79 Å². The van der Waals surface area contributed by atoms with E-state index in [1.807, 2.05) is 24.4 Å². The third-order valence-electron chi connectivity index (χ3n) is 3.80. The summed E-state index contributed by atoms with van der Waals surface area (Å²) in [5, 5.41) is 3.27. The number of esters is 1. The molecule has 0 saturated heterocycles. The lowest BCUT2D eigenvalue weighted by Gasteiger charge is -2.06. The first kappa shape index (κ1) is 12.3. The number of ether oxygens (including phenoxy) is 1. The monoisotopic (exact) mass is 297 g/mol. The van der Waals surface area contributed by atoms with Gasteiger partial charge in [-0.2, -0.15) is 4.57 Å². The van der Waals surface area contributed by atoms with Crippen LogP contribution in [-0.4, -0.2) is 17.6 Å². The summed E-state index contributed by atoms with van der Waals surface area (Å²) in [4.78, 5) is 12.0.